The highest BCUT2D eigenvalue weighted by atomic mass is 79.9. The molecule has 0 unspecified atom stereocenters. The van der Waals surface area contributed by atoms with Gasteiger partial charge in [0.15, 0.2) is 9.84 Å². The Bertz CT molecular complexity index is 336. The quantitative estimate of drug-likeness (QED) is 0.503. The molecule has 13 heavy (non-hydrogen) atoms. The molecule has 0 aromatic heterocycles. The maximum absolute atomic E-state index is 11.8. The monoisotopic (exact) mass is 328 g/mol. The molecule has 0 saturated carbocycles. The summed E-state index contributed by atoms with van der Waals surface area (Å²) in [7, 11) is -2.94. The minimum absolute atomic E-state index is 0.0150. The van der Waals surface area contributed by atoms with E-state index >= 15 is 0 Å². The summed E-state index contributed by atoms with van der Waals surface area (Å²) in [6.45, 7) is 0. The summed E-state index contributed by atoms with van der Waals surface area (Å²) in [6, 6.07) is 0. The van der Waals surface area contributed by atoms with Gasteiger partial charge in [0.1, 0.15) is 0 Å². The summed E-state index contributed by atoms with van der Waals surface area (Å²) >= 11 is 6.97. The van der Waals surface area contributed by atoms with E-state index in [1.165, 1.54) is 0 Å². The second kappa shape index (κ2) is 3.35. The second-order valence-corrected chi connectivity index (χ2v) is 8.08. The topological polar surface area (TPSA) is 34.1 Å². The normalized spacial score (nSPS) is 47.5. The van der Waals surface area contributed by atoms with Crippen LogP contribution in [0, 0.1) is 0 Å². The molecule has 0 spiro atoms. The number of alkyl halides is 2. The number of hydrogen-bond donors (Lipinski definition) is 0. The lowest BCUT2D eigenvalue weighted by molar-refractivity contribution is 0.586. The first kappa shape index (κ1) is 10.2. The third-order valence-electron chi connectivity index (χ3n) is 2.70. The molecule has 2 aliphatic heterocycles. The molecule has 0 aliphatic carbocycles. The van der Waals surface area contributed by atoms with Crippen LogP contribution in [0.5, 0.6) is 0 Å². The Kier molecular flexibility index (Phi) is 2.62. The number of fused-ring (bicyclic) bond motifs is 2. The lowest BCUT2D eigenvalue weighted by atomic mass is 10.1. The van der Waals surface area contributed by atoms with Crippen molar-refractivity contribution in [2.75, 3.05) is 0 Å². The fraction of sp³-hybridized carbons (Fsp3) is 0.750. The van der Waals surface area contributed by atoms with Crippen LogP contribution in [-0.2, 0) is 9.84 Å². The zero-order chi connectivity index (χ0) is 9.64. The van der Waals surface area contributed by atoms with Gasteiger partial charge in [0, 0.05) is 9.65 Å². The summed E-state index contributed by atoms with van der Waals surface area (Å²) in [5.41, 5.74) is 0. The summed E-state index contributed by atoms with van der Waals surface area (Å²) < 4.78 is 23.7. The largest absolute Gasteiger partial charge is 0.228 e. The number of halogens is 2. The van der Waals surface area contributed by atoms with Crippen LogP contribution in [0.25, 0.3) is 0 Å². The molecule has 2 bridgehead atoms. The van der Waals surface area contributed by atoms with Gasteiger partial charge in [-0.2, -0.15) is 0 Å². The summed E-state index contributed by atoms with van der Waals surface area (Å²) in [5, 5.41) is -0.565. The first-order chi connectivity index (χ1) is 6.03. The van der Waals surface area contributed by atoms with Crippen molar-refractivity contribution in [1.29, 1.82) is 0 Å². The van der Waals surface area contributed by atoms with Gasteiger partial charge < -0.3 is 0 Å². The van der Waals surface area contributed by atoms with Crippen LogP contribution >= 0.6 is 31.9 Å². The number of hydrogen-bond acceptors (Lipinski definition) is 2. The fourth-order valence-electron chi connectivity index (χ4n) is 1.89. The van der Waals surface area contributed by atoms with Crippen molar-refractivity contribution in [2.45, 2.75) is 33.0 Å². The summed E-state index contributed by atoms with van der Waals surface area (Å²) in [4.78, 5) is 0.281. The standard InChI is InChI=1S/C8H10Br2O2S/c9-6-3-1-5-2-4-7(8(6)10)13(5,11)12/h2,4-8H,1,3H2/t5-,6+,7+,8+/m1/s1. The number of rotatable bonds is 0. The Balaban J connectivity index is 2.42. The molecule has 5 heteroatoms. The molecule has 1 saturated heterocycles. The van der Waals surface area contributed by atoms with Gasteiger partial charge in [0.05, 0.1) is 10.5 Å². The van der Waals surface area contributed by atoms with Crippen molar-refractivity contribution < 1.29 is 8.42 Å². The van der Waals surface area contributed by atoms with Crippen LogP contribution in [0.1, 0.15) is 12.8 Å². The van der Waals surface area contributed by atoms with E-state index in [0.717, 1.165) is 12.8 Å². The van der Waals surface area contributed by atoms with Crippen molar-refractivity contribution in [3.05, 3.63) is 12.2 Å². The Morgan fingerprint density at radius 1 is 1.15 bits per heavy atom. The lowest BCUT2D eigenvalue weighted by Crippen LogP contribution is -2.31. The molecule has 2 aliphatic rings. The van der Waals surface area contributed by atoms with Crippen molar-refractivity contribution in [2.24, 2.45) is 0 Å². The minimum atomic E-state index is -2.94. The average molecular weight is 330 g/mol. The predicted molar refractivity (Wildman–Crippen MR) is 60.3 cm³/mol. The van der Waals surface area contributed by atoms with Gasteiger partial charge in [-0.15, -0.1) is 0 Å². The molecular formula is C8H10Br2O2S. The smallest absolute Gasteiger partial charge is 0.164 e. The molecule has 0 N–H and O–H groups in total. The molecule has 0 radical (unpaired) electrons. The van der Waals surface area contributed by atoms with Crippen molar-refractivity contribution in [1.82, 2.24) is 0 Å². The first-order valence-electron chi connectivity index (χ1n) is 4.22. The van der Waals surface area contributed by atoms with Gasteiger partial charge in [0.25, 0.3) is 0 Å². The van der Waals surface area contributed by atoms with Crippen LogP contribution < -0.4 is 0 Å². The molecular weight excluding hydrogens is 320 g/mol. The van der Waals surface area contributed by atoms with Gasteiger partial charge in [-0.05, 0) is 12.8 Å². The van der Waals surface area contributed by atoms with Crippen LogP contribution in [0.15, 0.2) is 12.2 Å². The van der Waals surface area contributed by atoms with E-state index in [-0.39, 0.29) is 20.2 Å². The molecule has 0 aromatic rings. The molecule has 4 atom stereocenters. The van der Waals surface area contributed by atoms with E-state index < -0.39 is 9.84 Å². The lowest BCUT2D eigenvalue weighted by Gasteiger charge is -2.17. The van der Waals surface area contributed by atoms with Gasteiger partial charge in [0.2, 0.25) is 0 Å². The highest BCUT2D eigenvalue weighted by Crippen LogP contribution is 2.38. The zero-order valence-corrected chi connectivity index (χ0v) is 10.8. The zero-order valence-electron chi connectivity index (χ0n) is 6.86. The van der Waals surface area contributed by atoms with E-state index in [1.54, 1.807) is 0 Å². The third-order valence-corrected chi connectivity index (χ3v) is 8.44. The molecule has 74 valence electrons. The Morgan fingerprint density at radius 3 is 2.54 bits per heavy atom. The van der Waals surface area contributed by atoms with E-state index in [1.807, 2.05) is 12.2 Å². The Labute approximate surface area is 95.0 Å². The molecule has 0 amide bonds. The van der Waals surface area contributed by atoms with Crippen LogP contribution in [0.2, 0.25) is 0 Å². The van der Waals surface area contributed by atoms with Crippen molar-refractivity contribution >= 4 is 41.7 Å². The van der Waals surface area contributed by atoms with Gasteiger partial charge >= 0.3 is 0 Å². The van der Waals surface area contributed by atoms with Crippen LogP contribution in [0.3, 0.4) is 0 Å². The highest BCUT2D eigenvalue weighted by molar-refractivity contribution is 9.12. The van der Waals surface area contributed by atoms with E-state index in [9.17, 15) is 8.42 Å². The third kappa shape index (κ3) is 1.53. The van der Waals surface area contributed by atoms with Gasteiger partial charge in [-0.25, -0.2) is 8.42 Å². The first-order valence-corrected chi connectivity index (χ1v) is 7.67. The molecule has 2 nitrogen and oxygen atoms in total. The van der Waals surface area contributed by atoms with Gasteiger partial charge in [-0.1, -0.05) is 44.0 Å². The van der Waals surface area contributed by atoms with E-state index in [4.69, 9.17) is 0 Å². The minimum Gasteiger partial charge on any atom is -0.228 e. The summed E-state index contributed by atoms with van der Waals surface area (Å²) in [5.74, 6) is 0. The molecule has 2 rings (SSSR count). The fourth-order valence-corrected chi connectivity index (χ4v) is 6.07. The molecule has 0 aromatic carbocycles. The molecule has 1 fully saturated rings. The number of sulfone groups is 1. The maximum Gasteiger partial charge on any atom is 0.164 e. The Hall–Kier alpha value is 0.650. The molecule has 2 heterocycles. The van der Waals surface area contributed by atoms with Crippen LogP contribution in [0.4, 0.5) is 0 Å². The van der Waals surface area contributed by atoms with E-state index in [2.05, 4.69) is 31.9 Å². The van der Waals surface area contributed by atoms with E-state index in [0.29, 0.717) is 0 Å². The van der Waals surface area contributed by atoms with Crippen molar-refractivity contribution in [3.63, 3.8) is 0 Å². The second-order valence-electron chi connectivity index (χ2n) is 3.51. The maximum atomic E-state index is 11.8. The van der Waals surface area contributed by atoms with Crippen LogP contribution in [-0.4, -0.2) is 28.6 Å². The highest BCUT2D eigenvalue weighted by Gasteiger charge is 2.44. The predicted octanol–water partition coefficient (Wildman–Crippen LogP) is 2.03. The summed E-state index contributed by atoms with van der Waals surface area (Å²) in [6.07, 6.45) is 5.33. The van der Waals surface area contributed by atoms with Crippen molar-refractivity contribution in [3.8, 4) is 0 Å². The average Bonchev–Trinajstić information content (AvgIpc) is 2.30. The SMILES string of the molecule is O=S1(=O)[C@H]2C=C[C@H]1[C@@H](Br)[C@@H](Br)CC2. The van der Waals surface area contributed by atoms with Gasteiger partial charge in [-0.3, -0.25) is 0 Å². The Morgan fingerprint density at radius 2 is 1.85 bits per heavy atom.